The Morgan fingerprint density at radius 2 is 2.07 bits per heavy atom. The van der Waals surface area contributed by atoms with Gasteiger partial charge in [0.2, 0.25) is 0 Å². The highest BCUT2D eigenvalue weighted by molar-refractivity contribution is 5.79. The zero-order valence-corrected chi connectivity index (χ0v) is 9.03. The first-order valence-corrected chi connectivity index (χ1v) is 4.84. The fourth-order valence-corrected chi connectivity index (χ4v) is 1.52. The Labute approximate surface area is 87.4 Å². The number of hydrogen-bond acceptors (Lipinski definition) is 3. The van der Waals surface area contributed by atoms with Crippen molar-refractivity contribution in [2.75, 3.05) is 0 Å². The predicted octanol–water partition coefficient (Wildman–Crippen LogP) is 1.62. The smallest absolute Gasteiger partial charge is 0.267 e. The van der Waals surface area contributed by atoms with E-state index in [9.17, 15) is 4.79 Å². The molecular formula is C11H13N3O. The molecule has 0 aromatic carbocycles. The summed E-state index contributed by atoms with van der Waals surface area (Å²) in [4.78, 5) is 15.7. The van der Waals surface area contributed by atoms with Crippen molar-refractivity contribution in [3.8, 4) is 0 Å². The van der Waals surface area contributed by atoms with Crippen molar-refractivity contribution < 1.29 is 0 Å². The van der Waals surface area contributed by atoms with Crippen LogP contribution in [0.2, 0.25) is 0 Å². The van der Waals surface area contributed by atoms with Gasteiger partial charge in [0.15, 0.2) is 0 Å². The van der Waals surface area contributed by atoms with Crippen LogP contribution in [0.1, 0.15) is 26.5 Å². The zero-order chi connectivity index (χ0) is 11.1. The second kappa shape index (κ2) is 3.15. The van der Waals surface area contributed by atoms with Crippen LogP contribution in [0.5, 0.6) is 0 Å². The van der Waals surface area contributed by atoms with Gasteiger partial charge in [-0.05, 0) is 12.1 Å². The molecule has 0 fully saturated rings. The Balaban J connectivity index is 2.90. The third kappa shape index (κ3) is 1.63. The molecule has 0 atom stereocenters. The van der Waals surface area contributed by atoms with E-state index < -0.39 is 0 Å². The monoisotopic (exact) mass is 203 g/mol. The second-order valence-corrected chi connectivity index (χ2v) is 4.55. The minimum atomic E-state index is -0.189. The van der Waals surface area contributed by atoms with Crippen LogP contribution in [0.25, 0.3) is 10.9 Å². The van der Waals surface area contributed by atoms with Crippen molar-refractivity contribution >= 4 is 10.9 Å². The maximum absolute atomic E-state index is 11.5. The number of rotatable bonds is 0. The first-order valence-electron chi connectivity index (χ1n) is 4.84. The van der Waals surface area contributed by atoms with E-state index in [4.69, 9.17) is 0 Å². The summed E-state index contributed by atoms with van der Waals surface area (Å²) in [5.74, 6) is 0. The fraction of sp³-hybridized carbons (Fsp3) is 0.364. The van der Waals surface area contributed by atoms with Gasteiger partial charge in [-0.3, -0.25) is 9.78 Å². The van der Waals surface area contributed by atoms with E-state index in [1.54, 1.807) is 18.3 Å². The summed E-state index contributed by atoms with van der Waals surface area (Å²) in [5, 5.41) is 7.18. The van der Waals surface area contributed by atoms with Crippen LogP contribution in [-0.4, -0.2) is 15.2 Å². The number of fused-ring (bicyclic) bond motifs is 1. The lowest BCUT2D eigenvalue weighted by atomic mass is 9.90. The van der Waals surface area contributed by atoms with Crippen molar-refractivity contribution in [2.45, 2.75) is 26.2 Å². The van der Waals surface area contributed by atoms with E-state index in [0.29, 0.717) is 10.9 Å². The van der Waals surface area contributed by atoms with Crippen LogP contribution in [0, 0.1) is 0 Å². The number of aromatic amines is 1. The van der Waals surface area contributed by atoms with E-state index >= 15 is 0 Å². The molecule has 0 radical (unpaired) electrons. The molecule has 2 rings (SSSR count). The van der Waals surface area contributed by atoms with Gasteiger partial charge >= 0.3 is 0 Å². The highest BCUT2D eigenvalue weighted by Gasteiger charge is 2.20. The summed E-state index contributed by atoms with van der Waals surface area (Å²) in [7, 11) is 0. The van der Waals surface area contributed by atoms with Gasteiger partial charge in [0, 0.05) is 11.6 Å². The van der Waals surface area contributed by atoms with Crippen LogP contribution in [-0.2, 0) is 5.41 Å². The van der Waals surface area contributed by atoms with E-state index in [1.165, 1.54) is 0 Å². The molecule has 4 heteroatoms. The molecule has 2 aromatic heterocycles. The molecule has 2 heterocycles. The van der Waals surface area contributed by atoms with Gasteiger partial charge in [0.05, 0.1) is 16.6 Å². The largest absolute Gasteiger partial charge is 0.273 e. The summed E-state index contributed by atoms with van der Waals surface area (Å²) >= 11 is 0. The van der Waals surface area contributed by atoms with Gasteiger partial charge in [-0.1, -0.05) is 20.8 Å². The van der Waals surface area contributed by atoms with Crippen LogP contribution in [0.3, 0.4) is 0 Å². The van der Waals surface area contributed by atoms with Gasteiger partial charge < -0.3 is 0 Å². The van der Waals surface area contributed by atoms with E-state index in [2.05, 4.69) is 15.2 Å². The van der Waals surface area contributed by atoms with Crippen molar-refractivity contribution in [1.29, 1.82) is 0 Å². The average molecular weight is 203 g/mol. The molecule has 0 amide bonds. The second-order valence-electron chi connectivity index (χ2n) is 4.55. The Morgan fingerprint density at radius 1 is 1.33 bits per heavy atom. The molecule has 15 heavy (non-hydrogen) atoms. The molecule has 0 saturated heterocycles. The summed E-state index contributed by atoms with van der Waals surface area (Å²) in [6.45, 7) is 6.13. The Hall–Kier alpha value is -1.71. The molecule has 4 nitrogen and oxygen atoms in total. The van der Waals surface area contributed by atoms with E-state index in [-0.39, 0.29) is 11.0 Å². The lowest BCUT2D eigenvalue weighted by Crippen LogP contribution is -2.20. The average Bonchev–Trinajstić information content (AvgIpc) is 2.17. The highest BCUT2D eigenvalue weighted by atomic mass is 16.1. The Bertz CT molecular complexity index is 551. The van der Waals surface area contributed by atoms with Crippen LogP contribution in [0.15, 0.2) is 23.1 Å². The molecular weight excluding hydrogens is 190 g/mol. The zero-order valence-electron chi connectivity index (χ0n) is 9.03. The van der Waals surface area contributed by atoms with Crippen molar-refractivity contribution in [3.63, 3.8) is 0 Å². The predicted molar refractivity (Wildman–Crippen MR) is 58.9 cm³/mol. The van der Waals surface area contributed by atoms with Crippen LogP contribution in [0.4, 0.5) is 0 Å². The van der Waals surface area contributed by atoms with Gasteiger partial charge in [0.1, 0.15) is 0 Å². The maximum Gasteiger partial charge on any atom is 0.273 e. The molecule has 2 aromatic rings. The molecule has 78 valence electrons. The van der Waals surface area contributed by atoms with Crippen molar-refractivity contribution in [3.05, 3.63) is 34.4 Å². The summed E-state index contributed by atoms with van der Waals surface area (Å²) in [6.07, 6.45) is 1.68. The van der Waals surface area contributed by atoms with Gasteiger partial charge in [-0.2, -0.15) is 5.10 Å². The van der Waals surface area contributed by atoms with Crippen molar-refractivity contribution in [1.82, 2.24) is 15.2 Å². The van der Waals surface area contributed by atoms with E-state index in [1.807, 2.05) is 20.8 Å². The molecule has 0 saturated carbocycles. The van der Waals surface area contributed by atoms with Gasteiger partial charge in [-0.25, -0.2) is 5.10 Å². The van der Waals surface area contributed by atoms with E-state index in [0.717, 1.165) is 5.69 Å². The maximum atomic E-state index is 11.5. The number of H-pyrrole nitrogens is 1. The standard InChI is InChI=1S/C11H13N3O/c1-11(2,3)9-8-7(5-4-6-12-8)10(15)14-13-9/h4-6H,1-3H3,(H,14,15). The van der Waals surface area contributed by atoms with Gasteiger partial charge in [-0.15, -0.1) is 0 Å². The number of pyridine rings is 1. The first kappa shape index (κ1) is 9.83. The van der Waals surface area contributed by atoms with Crippen LogP contribution < -0.4 is 5.56 Å². The summed E-state index contributed by atoms with van der Waals surface area (Å²) in [5.41, 5.74) is 1.19. The van der Waals surface area contributed by atoms with Crippen molar-refractivity contribution in [2.24, 2.45) is 0 Å². The number of hydrogen-bond donors (Lipinski definition) is 1. The summed E-state index contributed by atoms with van der Waals surface area (Å²) < 4.78 is 0. The third-order valence-electron chi connectivity index (χ3n) is 2.26. The van der Waals surface area contributed by atoms with Crippen LogP contribution >= 0.6 is 0 Å². The molecule has 0 spiro atoms. The molecule has 0 bridgehead atoms. The number of nitrogens with one attached hydrogen (secondary N) is 1. The normalized spacial score (nSPS) is 11.9. The molecule has 0 aliphatic carbocycles. The lowest BCUT2D eigenvalue weighted by molar-refractivity contribution is 0.563. The Kier molecular flexibility index (Phi) is 2.07. The fourth-order valence-electron chi connectivity index (χ4n) is 1.52. The Morgan fingerprint density at radius 3 is 2.73 bits per heavy atom. The van der Waals surface area contributed by atoms with Gasteiger partial charge in [0.25, 0.3) is 5.56 Å². The quantitative estimate of drug-likeness (QED) is 0.707. The molecule has 1 N–H and O–H groups in total. The molecule has 0 aliphatic heterocycles. The number of aromatic nitrogens is 3. The minimum Gasteiger partial charge on any atom is -0.267 e. The lowest BCUT2D eigenvalue weighted by Gasteiger charge is -2.17. The molecule has 0 unspecified atom stereocenters. The third-order valence-corrected chi connectivity index (χ3v) is 2.26. The number of nitrogens with zero attached hydrogens (tertiary/aromatic N) is 2. The SMILES string of the molecule is CC(C)(C)c1n[nH]c(=O)c2cccnc12. The molecule has 0 aliphatic rings. The highest BCUT2D eigenvalue weighted by Crippen LogP contribution is 2.23. The minimum absolute atomic E-state index is 0.128. The topological polar surface area (TPSA) is 58.6 Å². The summed E-state index contributed by atoms with van der Waals surface area (Å²) in [6, 6.07) is 3.52. The first-order chi connectivity index (χ1) is 7.00.